The fourth-order valence-electron chi connectivity index (χ4n) is 15.6. The van der Waals surface area contributed by atoms with Gasteiger partial charge in [-0.2, -0.15) is 0 Å². The number of anilines is 6. The molecule has 4 aromatic heterocycles. The number of hydrogen-bond donors (Lipinski definition) is 0. The van der Waals surface area contributed by atoms with Gasteiger partial charge in [0.2, 0.25) is 0 Å². The minimum atomic E-state index is -3.05. The molecule has 6 heterocycles. The predicted octanol–water partition coefficient (Wildman–Crippen LogP) is 17.2. The Bertz CT molecular complexity index is 5230. The second-order valence-corrected chi connectivity index (χ2v) is 40.1. The van der Waals surface area contributed by atoms with E-state index in [-0.39, 0.29) is 29.0 Å². The van der Waals surface area contributed by atoms with Crippen LogP contribution in [0.25, 0.3) is 70.2 Å². The normalized spacial score (nSPS) is 13.9. The summed E-state index contributed by atoms with van der Waals surface area (Å²) in [7, 11) is -6.10. The summed E-state index contributed by atoms with van der Waals surface area (Å²) in [6, 6.07) is 106. The Kier molecular flexibility index (Phi) is 13.1. The van der Waals surface area contributed by atoms with Gasteiger partial charge in [-0.15, -0.1) is 0 Å². The van der Waals surface area contributed by atoms with E-state index in [2.05, 4.69) is 318 Å². The van der Waals surface area contributed by atoms with Gasteiger partial charge in [0.25, 0.3) is 0 Å². The number of fused-ring (bicyclic) bond motifs is 11. The fraction of sp³-hybridized carbons (Fsp3) is 0.0714. The van der Waals surface area contributed by atoms with Crippen molar-refractivity contribution >= 4 is 193 Å². The second-order valence-electron chi connectivity index (χ2n) is 25.5. The van der Waals surface area contributed by atoms with E-state index in [1.54, 1.807) is 0 Å². The summed E-state index contributed by atoms with van der Waals surface area (Å²) in [5.41, 5.74) is 15.0. The molecule has 0 amide bonds. The second kappa shape index (κ2) is 21.5. The molecule has 12 aromatic carbocycles. The van der Waals surface area contributed by atoms with Crippen LogP contribution in [-0.4, -0.2) is 45.2 Å². The van der Waals surface area contributed by atoms with Crippen LogP contribution in [0.1, 0.15) is 32.0 Å². The first-order valence-corrected chi connectivity index (χ1v) is 40.8. The zero-order valence-electron chi connectivity index (χ0n) is 51.9. The number of aryl methyl sites for hydroxylation is 6. The summed E-state index contributed by atoms with van der Waals surface area (Å²) < 4.78 is 5.81. The molecule has 0 saturated carbocycles. The SMILES string of the molecule is Cc1ccc([Si]2(c3ccc(C)cc3)c3ccccc3N(c3cc(-c4ccc(C)s4)c4cc(N5c6ccccc6[Si](c6ccc(C)cc6)(c6ccc(C)cc6)c6cc7c(cc65)[se]c5ccccc57)cc(-c5ccc(C)s5)c4c3)c3cc4[se]c5ccccc5c4cc32)cc1. The van der Waals surface area contributed by atoms with Crippen molar-refractivity contribution < 1.29 is 0 Å². The molecule has 92 heavy (non-hydrogen) atoms. The molecule has 2 nitrogen and oxygen atoms in total. The third kappa shape index (κ3) is 8.45. The maximum atomic E-state index is 2.69. The molecule has 16 aromatic rings. The molecule has 0 fully saturated rings. The van der Waals surface area contributed by atoms with Gasteiger partial charge in [0.1, 0.15) is 0 Å². The van der Waals surface area contributed by atoms with Gasteiger partial charge in [0.15, 0.2) is 0 Å². The van der Waals surface area contributed by atoms with E-state index in [1.807, 2.05) is 22.7 Å². The summed E-state index contributed by atoms with van der Waals surface area (Å²) in [6.07, 6.45) is 0. The number of benzene rings is 12. The van der Waals surface area contributed by atoms with Crippen LogP contribution in [0.3, 0.4) is 0 Å². The van der Waals surface area contributed by atoms with Crippen LogP contribution in [0.15, 0.2) is 267 Å². The molecule has 0 aliphatic carbocycles. The summed E-state index contributed by atoms with van der Waals surface area (Å²) in [4.78, 5) is 10.5. The molecule has 0 bridgehead atoms. The van der Waals surface area contributed by atoms with Crippen LogP contribution in [0.2, 0.25) is 0 Å². The average Bonchev–Trinajstić information content (AvgIpc) is 0.970. The summed E-state index contributed by atoms with van der Waals surface area (Å²) in [5, 5.41) is 19.3. The Morgan fingerprint density at radius 2 is 0.620 bits per heavy atom. The first-order chi connectivity index (χ1) is 45.0. The minimum absolute atomic E-state index is 0.143. The van der Waals surface area contributed by atoms with E-state index in [9.17, 15) is 0 Å². The van der Waals surface area contributed by atoms with Gasteiger partial charge in [-0.25, -0.2) is 0 Å². The van der Waals surface area contributed by atoms with E-state index in [1.165, 1.54) is 178 Å². The molecule has 0 radical (unpaired) electrons. The number of hydrogen-bond acceptors (Lipinski definition) is 4. The van der Waals surface area contributed by atoms with Gasteiger partial charge < -0.3 is 0 Å². The number of thiophene rings is 2. The van der Waals surface area contributed by atoms with E-state index in [4.69, 9.17) is 0 Å². The molecule has 0 N–H and O–H groups in total. The molecule has 0 atom stereocenters. The van der Waals surface area contributed by atoms with Crippen LogP contribution in [0.5, 0.6) is 0 Å². The van der Waals surface area contributed by atoms with E-state index in [0.29, 0.717) is 0 Å². The molecule has 440 valence electrons. The molecular weight excluding hydrogens is 1320 g/mol. The quantitative estimate of drug-likeness (QED) is 0.140. The third-order valence-corrected chi connectivity index (χ3v) is 36.4. The Morgan fingerprint density at radius 1 is 0.272 bits per heavy atom. The molecule has 8 heteroatoms. The van der Waals surface area contributed by atoms with Gasteiger partial charge in [0, 0.05) is 0 Å². The summed E-state index contributed by atoms with van der Waals surface area (Å²) >= 11 is 4.09. The van der Waals surface area contributed by atoms with Gasteiger partial charge >= 0.3 is 564 Å². The Labute approximate surface area is 559 Å². The fourth-order valence-corrected chi connectivity index (χ4v) is 32.2. The Morgan fingerprint density at radius 3 is 0.978 bits per heavy atom. The average molecular weight is 1380 g/mol. The van der Waals surface area contributed by atoms with Gasteiger partial charge in [-0.05, 0) is 0 Å². The zero-order valence-corrected chi connectivity index (χ0v) is 59.0. The molecule has 2 aliphatic heterocycles. The van der Waals surface area contributed by atoms with Crippen molar-refractivity contribution in [2.75, 3.05) is 9.80 Å². The first kappa shape index (κ1) is 56.2. The molecular formula is C84H62N2S2Se2Si2. The number of rotatable bonds is 8. The monoisotopic (exact) mass is 1380 g/mol. The van der Waals surface area contributed by atoms with Crippen molar-refractivity contribution in [1.29, 1.82) is 0 Å². The van der Waals surface area contributed by atoms with Gasteiger partial charge in [-0.3, -0.25) is 0 Å². The topological polar surface area (TPSA) is 6.48 Å². The molecule has 18 rings (SSSR count). The van der Waals surface area contributed by atoms with E-state index in [0.717, 1.165) is 0 Å². The third-order valence-electron chi connectivity index (χ3n) is 19.9. The van der Waals surface area contributed by atoms with Crippen molar-refractivity contribution in [2.24, 2.45) is 0 Å². The van der Waals surface area contributed by atoms with Crippen molar-refractivity contribution in [3.05, 3.63) is 299 Å². The van der Waals surface area contributed by atoms with E-state index < -0.39 is 16.1 Å². The standard InChI is InChI=1S/C84H62N2S2Se2Si2/c1-51-23-33-59(34-24-51)91(60-35-25-52(2)26-36-60)81-21-13-9-17-71(81)85(73-49-79-69(47-83(73)91)63-15-7-11-19-77(63)89-79)57-43-65-66(67(45-57)75-41-31-55(5)87-75)44-58(46-68(65)76-42-32-56(6)88-76)86-72-18-10-14-22-82(72)92(61-37-27-53(3)28-38-61,62-39-29-54(4)30-40-62)84-48-70-64-16-8-12-20-78(64)90-80(70)50-74(84)86/h7-50H,1-6H3. The Balaban J connectivity index is 0.947. The zero-order chi connectivity index (χ0) is 61.7. The molecule has 0 saturated heterocycles. The van der Waals surface area contributed by atoms with Crippen molar-refractivity contribution in [2.45, 2.75) is 41.5 Å². The van der Waals surface area contributed by atoms with Crippen molar-refractivity contribution in [3.63, 3.8) is 0 Å². The van der Waals surface area contributed by atoms with Crippen LogP contribution in [0.4, 0.5) is 34.1 Å². The molecule has 2 aliphatic rings. The predicted molar refractivity (Wildman–Crippen MR) is 407 cm³/mol. The van der Waals surface area contributed by atoms with Gasteiger partial charge in [0.05, 0.1) is 0 Å². The summed E-state index contributed by atoms with van der Waals surface area (Å²) in [6.45, 7) is 13.4. The first-order valence-electron chi connectivity index (χ1n) is 31.8. The van der Waals surface area contributed by atoms with Crippen LogP contribution < -0.4 is 51.3 Å². The van der Waals surface area contributed by atoms with Crippen LogP contribution in [-0.2, 0) is 0 Å². The summed E-state index contributed by atoms with van der Waals surface area (Å²) in [5.74, 6) is 0. The van der Waals surface area contributed by atoms with Crippen molar-refractivity contribution in [3.8, 4) is 20.9 Å². The number of nitrogens with zero attached hydrogens (tertiary/aromatic N) is 2. The number of para-hydroxylation sites is 2. The van der Waals surface area contributed by atoms with Crippen LogP contribution >= 0.6 is 22.7 Å². The molecule has 0 unspecified atom stereocenters. The molecule has 0 spiro atoms. The Hall–Kier alpha value is -8.63. The van der Waals surface area contributed by atoms with Crippen molar-refractivity contribution in [1.82, 2.24) is 0 Å². The van der Waals surface area contributed by atoms with Gasteiger partial charge in [-0.1, -0.05) is 0 Å². The van der Waals surface area contributed by atoms with Crippen LogP contribution in [0, 0.1) is 41.5 Å². The maximum absolute atomic E-state index is 3.05. The van der Waals surface area contributed by atoms with E-state index >= 15 is 0 Å².